The first-order valence-corrected chi connectivity index (χ1v) is 7.69. The monoisotopic (exact) mass is 340 g/mol. The van der Waals surface area contributed by atoms with Crippen molar-refractivity contribution in [3.63, 3.8) is 0 Å². The molecule has 0 aliphatic carbocycles. The Labute approximate surface area is 139 Å². The zero-order valence-corrected chi connectivity index (χ0v) is 14.2. The second-order valence-corrected chi connectivity index (χ2v) is 6.13. The molecule has 0 saturated heterocycles. The van der Waals surface area contributed by atoms with Gasteiger partial charge in [0, 0.05) is 22.8 Å². The van der Waals surface area contributed by atoms with Crippen LogP contribution in [0.2, 0.25) is 5.02 Å². The lowest BCUT2D eigenvalue weighted by Crippen LogP contribution is -2.34. The third-order valence-corrected chi connectivity index (χ3v) is 3.55. The van der Waals surface area contributed by atoms with E-state index in [4.69, 9.17) is 23.8 Å². The van der Waals surface area contributed by atoms with E-state index >= 15 is 0 Å². The fourth-order valence-electron chi connectivity index (χ4n) is 1.96. The molecule has 0 aliphatic heterocycles. The molecule has 2 rings (SSSR count). The Hall–Kier alpha value is -1.66. The van der Waals surface area contributed by atoms with Crippen LogP contribution in [0, 0.1) is 12.7 Å². The van der Waals surface area contributed by atoms with Gasteiger partial charge in [0.25, 0.3) is 0 Å². The maximum Gasteiger partial charge on any atom is 0.172 e. The predicted octanol–water partition coefficient (Wildman–Crippen LogP) is 3.73. The second kappa shape index (κ2) is 7.07. The van der Waals surface area contributed by atoms with Crippen LogP contribution >= 0.6 is 23.8 Å². The first-order chi connectivity index (χ1) is 10.3. The van der Waals surface area contributed by atoms with Gasteiger partial charge >= 0.3 is 0 Å². The minimum absolute atomic E-state index is 0.251. The van der Waals surface area contributed by atoms with Crippen LogP contribution in [-0.4, -0.2) is 20.9 Å². The molecular weight excluding hydrogens is 323 g/mol. The molecule has 2 aromatic rings. The lowest BCUT2D eigenvalue weighted by molar-refractivity contribution is 0.623. The van der Waals surface area contributed by atoms with Gasteiger partial charge in [0.1, 0.15) is 5.82 Å². The number of thiocarbonyl (C=S) groups is 1. The molecule has 1 heterocycles. The smallest absolute Gasteiger partial charge is 0.172 e. The number of rotatable bonds is 4. The number of aromatic nitrogens is 2. The third-order valence-electron chi connectivity index (χ3n) is 2.98. The molecule has 0 spiro atoms. The Morgan fingerprint density at radius 2 is 2.14 bits per heavy atom. The second-order valence-electron chi connectivity index (χ2n) is 5.32. The van der Waals surface area contributed by atoms with Crippen molar-refractivity contribution in [2.45, 2.75) is 33.4 Å². The lowest BCUT2D eigenvalue weighted by Gasteiger charge is -2.11. The average Bonchev–Trinajstić information content (AvgIpc) is 2.71. The fraction of sp³-hybridized carbons (Fsp3) is 0.333. The van der Waals surface area contributed by atoms with Crippen molar-refractivity contribution >= 4 is 34.7 Å². The largest absolute Gasteiger partial charge is 0.360 e. The molecule has 2 N–H and O–H groups in total. The molecule has 22 heavy (non-hydrogen) atoms. The van der Waals surface area contributed by atoms with E-state index in [1.54, 1.807) is 10.7 Å². The van der Waals surface area contributed by atoms with E-state index in [-0.39, 0.29) is 11.9 Å². The van der Waals surface area contributed by atoms with E-state index in [0.29, 0.717) is 22.5 Å². The average molecular weight is 341 g/mol. The van der Waals surface area contributed by atoms with Crippen LogP contribution in [0.4, 0.5) is 10.2 Å². The maximum absolute atomic E-state index is 13.1. The molecule has 0 saturated carbocycles. The van der Waals surface area contributed by atoms with Crippen molar-refractivity contribution in [1.82, 2.24) is 15.1 Å². The number of anilines is 1. The normalized spacial score (nSPS) is 10.8. The SMILES string of the molecule is Cc1cc(NC(=S)NC(C)C)nn1Cc1ccc(F)cc1Cl. The lowest BCUT2D eigenvalue weighted by atomic mass is 10.2. The van der Waals surface area contributed by atoms with Gasteiger partial charge in [-0.2, -0.15) is 5.10 Å². The van der Waals surface area contributed by atoms with Crippen molar-refractivity contribution < 1.29 is 4.39 Å². The summed E-state index contributed by atoms with van der Waals surface area (Å²) < 4.78 is 14.9. The Bertz CT molecular complexity index is 684. The molecule has 1 aromatic heterocycles. The van der Waals surface area contributed by atoms with Crippen molar-refractivity contribution in [3.05, 3.63) is 46.4 Å². The highest BCUT2D eigenvalue weighted by molar-refractivity contribution is 7.80. The zero-order valence-electron chi connectivity index (χ0n) is 12.7. The molecule has 0 atom stereocenters. The van der Waals surface area contributed by atoms with Gasteiger partial charge in [0.05, 0.1) is 6.54 Å². The van der Waals surface area contributed by atoms with Crippen molar-refractivity contribution in [2.24, 2.45) is 0 Å². The number of nitrogens with one attached hydrogen (secondary N) is 2. The summed E-state index contributed by atoms with van der Waals surface area (Å²) in [4.78, 5) is 0. The standard InChI is InChI=1S/C15H18ClFN4S/c1-9(2)18-15(22)19-14-6-10(3)21(20-14)8-11-4-5-12(17)7-13(11)16/h4-7,9H,8H2,1-3H3,(H2,18,19,20,22). The number of benzene rings is 1. The molecule has 1 aromatic carbocycles. The predicted molar refractivity (Wildman–Crippen MR) is 92.0 cm³/mol. The van der Waals surface area contributed by atoms with E-state index in [1.165, 1.54) is 12.1 Å². The van der Waals surface area contributed by atoms with Gasteiger partial charge in [-0.05, 0) is 50.7 Å². The summed E-state index contributed by atoms with van der Waals surface area (Å²) in [6, 6.07) is 6.50. The molecule has 0 radical (unpaired) electrons. The molecule has 0 unspecified atom stereocenters. The minimum Gasteiger partial charge on any atom is -0.360 e. The minimum atomic E-state index is -0.349. The molecule has 0 fully saturated rings. The van der Waals surface area contributed by atoms with Gasteiger partial charge in [0.2, 0.25) is 0 Å². The van der Waals surface area contributed by atoms with Crippen LogP contribution in [0.3, 0.4) is 0 Å². The Balaban J connectivity index is 2.11. The third kappa shape index (κ3) is 4.42. The molecule has 7 heteroatoms. The number of aryl methyl sites for hydroxylation is 1. The highest BCUT2D eigenvalue weighted by Crippen LogP contribution is 2.19. The van der Waals surface area contributed by atoms with Crippen LogP contribution in [-0.2, 0) is 6.54 Å². The highest BCUT2D eigenvalue weighted by Gasteiger charge is 2.09. The summed E-state index contributed by atoms with van der Waals surface area (Å²) in [5, 5.41) is 11.5. The molecule has 0 amide bonds. The van der Waals surface area contributed by atoms with Crippen LogP contribution in [0.25, 0.3) is 0 Å². The van der Waals surface area contributed by atoms with Gasteiger partial charge in [-0.15, -0.1) is 0 Å². The van der Waals surface area contributed by atoms with Crippen molar-refractivity contribution in [3.8, 4) is 0 Å². The number of nitrogens with zero attached hydrogens (tertiary/aromatic N) is 2. The van der Waals surface area contributed by atoms with Crippen molar-refractivity contribution in [1.29, 1.82) is 0 Å². The van der Waals surface area contributed by atoms with Crippen LogP contribution < -0.4 is 10.6 Å². The van der Waals surface area contributed by atoms with Gasteiger partial charge < -0.3 is 10.6 Å². The van der Waals surface area contributed by atoms with Crippen molar-refractivity contribution in [2.75, 3.05) is 5.32 Å². The Morgan fingerprint density at radius 3 is 2.77 bits per heavy atom. The summed E-state index contributed by atoms with van der Waals surface area (Å²) >= 11 is 11.2. The summed E-state index contributed by atoms with van der Waals surface area (Å²) in [7, 11) is 0. The summed E-state index contributed by atoms with van der Waals surface area (Å²) in [6.45, 7) is 6.42. The van der Waals surface area contributed by atoms with Gasteiger partial charge in [-0.1, -0.05) is 17.7 Å². The van der Waals surface area contributed by atoms with Crippen LogP contribution in [0.5, 0.6) is 0 Å². The first-order valence-electron chi connectivity index (χ1n) is 6.91. The maximum atomic E-state index is 13.1. The summed E-state index contributed by atoms with van der Waals surface area (Å²) in [6.07, 6.45) is 0. The first kappa shape index (κ1) is 16.7. The molecular formula is C15H18ClFN4S. The van der Waals surface area contributed by atoms with Gasteiger partial charge in [0.15, 0.2) is 10.9 Å². The van der Waals surface area contributed by atoms with E-state index < -0.39 is 0 Å². The topological polar surface area (TPSA) is 41.9 Å². The molecule has 0 aliphatic rings. The van der Waals surface area contributed by atoms with E-state index in [9.17, 15) is 4.39 Å². The molecule has 0 bridgehead atoms. The van der Waals surface area contributed by atoms with Crippen LogP contribution in [0.1, 0.15) is 25.1 Å². The van der Waals surface area contributed by atoms with E-state index in [1.807, 2.05) is 26.8 Å². The summed E-state index contributed by atoms with van der Waals surface area (Å²) in [5.41, 5.74) is 1.76. The Morgan fingerprint density at radius 1 is 1.41 bits per heavy atom. The zero-order chi connectivity index (χ0) is 16.3. The van der Waals surface area contributed by atoms with E-state index in [0.717, 1.165) is 11.3 Å². The Kier molecular flexibility index (Phi) is 5.37. The molecule has 118 valence electrons. The fourth-order valence-corrected chi connectivity index (χ4v) is 2.52. The number of hydrogen-bond acceptors (Lipinski definition) is 2. The summed E-state index contributed by atoms with van der Waals surface area (Å²) in [5.74, 6) is 0.312. The number of halogens is 2. The van der Waals surface area contributed by atoms with Gasteiger partial charge in [-0.25, -0.2) is 4.39 Å². The van der Waals surface area contributed by atoms with E-state index in [2.05, 4.69) is 15.7 Å². The van der Waals surface area contributed by atoms with Crippen LogP contribution in [0.15, 0.2) is 24.3 Å². The van der Waals surface area contributed by atoms with Gasteiger partial charge in [-0.3, -0.25) is 4.68 Å². The quantitative estimate of drug-likeness (QED) is 0.832. The number of hydrogen-bond donors (Lipinski definition) is 2. The highest BCUT2D eigenvalue weighted by atomic mass is 35.5. The molecule has 4 nitrogen and oxygen atoms in total.